The van der Waals surface area contributed by atoms with E-state index >= 15 is 0 Å². The van der Waals surface area contributed by atoms with E-state index in [2.05, 4.69) is 0 Å². The minimum Gasteiger partial charge on any atom is -0.508 e. The van der Waals surface area contributed by atoms with Crippen molar-refractivity contribution in [3.8, 4) is 17.2 Å². The maximum absolute atomic E-state index is 12.4. The van der Waals surface area contributed by atoms with Crippen LogP contribution in [0.5, 0.6) is 17.2 Å². The van der Waals surface area contributed by atoms with E-state index in [-0.39, 0.29) is 23.4 Å². The van der Waals surface area contributed by atoms with Crippen LogP contribution in [0.1, 0.15) is 22.8 Å². The Labute approximate surface area is 133 Å². The molecule has 1 atom stereocenters. The molecule has 0 spiro atoms. The van der Waals surface area contributed by atoms with Gasteiger partial charge in [0.15, 0.2) is 5.76 Å². The molecule has 4 heteroatoms. The van der Waals surface area contributed by atoms with Gasteiger partial charge in [-0.2, -0.15) is 0 Å². The predicted molar refractivity (Wildman–Crippen MR) is 85.7 cm³/mol. The molecule has 0 aliphatic carbocycles. The number of phenols is 1. The largest absolute Gasteiger partial charge is 0.508 e. The molecule has 23 heavy (non-hydrogen) atoms. The van der Waals surface area contributed by atoms with E-state index in [1.54, 1.807) is 12.1 Å². The van der Waals surface area contributed by atoms with Crippen molar-refractivity contribution < 1.29 is 19.4 Å². The van der Waals surface area contributed by atoms with Crippen LogP contribution in [0.25, 0.3) is 6.08 Å². The van der Waals surface area contributed by atoms with E-state index in [1.165, 1.54) is 12.1 Å². The molecule has 2 heterocycles. The summed E-state index contributed by atoms with van der Waals surface area (Å²) in [7, 11) is 0. The standard InChI is InChI=1S/C19H14O4/c1-11-13(8-12-4-2-3-5-16(12)22-11)9-18-19(21)15-7-6-14(20)10-17(15)23-18/h2-11,20H,1H3/b18-9+/t11-/m1/s1. The molecule has 0 bridgehead atoms. The second kappa shape index (κ2) is 5.02. The topological polar surface area (TPSA) is 55.8 Å². The van der Waals surface area contributed by atoms with Crippen molar-refractivity contribution in [3.63, 3.8) is 0 Å². The molecule has 0 amide bonds. The van der Waals surface area contributed by atoms with Gasteiger partial charge in [-0.15, -0.1) is 0 Å². The average molecular weight is 306 g/mol. The molecule has 0 radical (unpaired) electrons. The second-order valence-corrected chi connectivity index (χ2v) is 5.56. The fourth-order valence-corrected chi connectivity index (χ4v) is 2.75. The number of ether oxygens (including phenoxy) is 2. The Morgan fingerprint density at radius 1 is 1.13 bits per heavy atom. The van der Waals surface area contributed by atoms with Crippen LogP contribution < -0.4 is 9.47 Å². The van der Waals surface area contributed by atoms with Crippen LogP contribution in [0.3, 0.4) is 0 Å². The van der Waals surface area contributed by atoms with Gasteiger partial charge < -0.3 is 14.6 Å². The Morgan fingerprint density at radius 2 is 1.96 bits per heavy atom. The Hall–Kier alpha value is -3.01. The van der Waals surface area contributed by atoms with E-state index < -0.39 is 0 Å². The van der Waals surface area contributed by atoms with Gasteiger partial charge in [-0.05, 0) is 42.8 Å². The summed E-state index contributed by atoms with van der Waals surface area (Å²) in [6, 6.07) is 12.2. The molecule has 0 unspecified atom stereocenters. The van der Waals surface area contributed by atoms with Gasteiger partial charge in [-0.25, -0.2) is 0 Å². The third kappa shape index (κ3) is 2.28. The summed E-state index contributed by atoms with van der Waals surface area (Å²) in [5.74, 6) is 1.33. The first-order valence-electron chi connectivity index (χ1n) is 7.36. The van der Waals surface area contributed by atoms with Crippen molar-refractivity contribution in [2.24, 2.45) is 0 Å². The molecule has 4 nitrogen and oxygen atoms in total. The fourth-order valence-electron chi connectivity index (χ4n) is 2.75. The van der Waals surface area contributed by atoms with Gasteiger partial charge in [0.2, 0.25) is 5.78 Å². The molecule has 0 saturated heterocycles. The number of allylic oxidation sites excluding steroid dienone is 1. The van der Waals surface area contributed by atoms with E-state index in [0.717, 1.165) is 16.9 Å². The summed E-state index contributed by atoms with van der Waals surface area (Å²) >= 11 is 0. The molecule has 0 aromatic heterocycles. The SMILES string of the molecule is C[C@H]1Oc2ccccc2C=C1/C=C1/Oc2cc(O)ccc2C1=O. The molecular weight excluding hydrogens is 292 g/mol. The number of rotatable bonds is 1. The van der Waals surface area contributed by atoms with Crippen molar-refractivity contribution in [1.29, 1.82) is 0 Å². The maximum atomic E-state index is 12.4. The molecule has 2 aliphatic heterocycles. The Morgan fingerprint density at radius 3 is 2.83 bits per heavy atom. The van der Waals surface area contributed by atoms with Crippen molar-refractivity contribution in [2.75, 3.05) is 0 Å². The van der Waals surface area contributed by atoms with Gasteiger partial charge in [0.05, 0.1) is 5.56 Å². The van der Waals surface area contributed by atoms with E-state index in [0.29, 0.717) is 11.3 Å². The highest BCUT2D eigenvalue weighted by Gasteiger charge is 2.29. The first-order chi connectivity index (χ1) is 11.1. The van der Waals surface area contributed by atoms with Crippen LogP contribution >= 0.6 is 0 Å². The minimum atomic E-state index is -0.188. The monoisotopic (exact) mass is 306 g/mol. The molecule has 2 aromatic rings. The van der Waals surface area contributed by atoms with Gasteiger partial charge in [0.25, 0.3) is 0 Å². The van der Waals surface area contributed by atoms with Crippen molar-refractivity contribution >= 4 is 11.9 Å². The molecule has 0 fully saturated rings. The number of Topliss-reactive ketones (excluding diaryl/α,β-unsaturated/α-hetero) is 1. The maximum Gasteiger partial charge on any atom is 0.231 e. The molecule has 2 aromatic carbocycles. The summed E-state index contributed by atoms with van der Waals surface area (Å²) in [6.45, 7) is 1.93. The summed E-state index contributed by atoms with van der Waals surface area (Å²) in [4.78, 5) is 12.4. The predicted octanol–water partition coefficient (Wildman–Crippen LogP) is 3.72. The highest BCUT2D eigenvalue weighted by Crippen LogP contribution is 2.36. The van der Waals surface area contributed by atoms with Gasteiger partial charge >= 0.3 is 0 Å². The van der Waals surface area contributed by atoms with E-state index in [9.17, 15) is 9.90 Å². The number of fused-ring (bicyclic) bond motifs is 2. The average Bonchev–Trinajstić information content (AvgIpc) is 2.83. The number of hydrogen-bond acceptors (Lipinski definition) is 4. The summed E-state index contributed by atoms with van der Waals surface area (Å²) in [5.41, 5.74) is 2.29. The van der Waals surface area contributed by atoms with Crippen LogP contribution in [-0.4, -0.2) is 17.0 Å². The number of para-hydroxylation sites is 1. The normalized spacial score (nSPS) is 20.4. The molecule has 1 N–H and O–H groups in total. The Balaban J connectivity index is 1.72. The number of phenolic OH excluding ortho intramolecular Hbond substituents is 1. The molecular formula is C19H14O4. The van der Waals surface area contributed by atoms with Gasteiger partial charge in [0.1, 0.15) is 23.4 Å². The quantitative estimate of drug-likeness (QED) is 0.816. The Kier molecular flexibility index (Phi) is 2.98. The zero-order valence-electron chi connectivity index (χ0n) is 12.4. The minimum absolute atomic E-state index is 0.0697. The summed E-state index contributed by atoms with van der Waals surface area (Å²) in [6.07, 6.45) is 3.53. The van der Waals surface area contributed by atoms with E-state index in [1.807, 2.05) is 37.3 Å². The smallest absolute Gasteiger partial charge is 0.231 e. The lowest BCUT2D eigenvalue weighted by Gasteiger charge is -2.22. The molecule has 0 saturated carbocycles. The zero-order valence-corrected chi connectivity index (χ0v) is 12.4. The third-order valence-electron chi connectivity index (χ3n) is 3.97. The number of carbonyl (C=O) groups excluding carboxylic acids is 1. The molecule has 2 aliphatic rings. The number of carbonyl (C=O) groups is 1. The zero-order chi connectivity index (χ0) is 16.0. The van der Waals surface area contributed by atoms with Crippen LogP contribution in [0.4, 0.5) is 0 Å². The van der Waals surface area contributed by atoms with Crippen LogP contribution in [0.15, 0.2) is 59.9 Å². The van der Waals surface area contributed by atoms with Crippen LogP contribution in [0, 0.1) is 0 Å². The lowest BCUT2D eigenvalue weighted by atomic mass is 10.0. The first-order valence-corrected chi connectivity index (χ1v) is 7.36. The molecule has 114 valence electrons. The third-order valence-corrected chi connectivity index (χ3v) is 3.97. The van der Waals surface area contributed by atoms with Crippen molar-refractivity contribution in [1.82, 2.24) is 0 Å². The van der Waals surface area contributed by atoms with Crippen LogP contribution in [-0.2, 0) is 0 Å². The number of hydrogen-bond donors (Lipinski definition) is 1. The van der Waals surface area contributed by atoms with Gasteiger partial charge in [-0.3, -0.25) is 4.79 Å². The number of benzene rings is 2. The second-order valence-electron chi connectivity index (χ2n) is 5.56. The number of aromatic hydroxyl groups is 1. The lowest BCUT2D eigenvalue weighted by molar-refractivity contribution is 0.101. The Bertz CT molecular complexity index is 877. The summed E-state index contributed by atoms with van der Waals surface area (Å²) < 4.78 is 11.5. The first kappa shape index (κ1) is 13.6. The van der Waals surface area contributed by atoms with Gasteiger partial charge in [0, 0.05) is 11.6 Å². The highest BCUT2D eigenvalue weighted by molar-refractivity contribution is 6.12. The highest BCUT2D eigenvalue weighted by atomic mass is 16.5. The van der Waals surface area contributed by atoms with E-state index in [4.69, 9.17) is 9.47 Å². The van der Waals surface area contributed by atoms with Gasteiger partial charge in [-0.1, -0.05) is 18.2 Å². The lowest BCUT2D eigenvalue weighted by Crippen LogP contribution is -2.18. The fraction of sp³-hybridized carbons (Fsp3) is 0.105. The van der Waals surface area contributed by atoms with Crippen LogP contribution in [0.2, 0.25) is 0 Å². The summed E-state index contributed by atoms with van der Waals surface area (Å²) in [5, 5.41) is 9.50. The van der Waals surface area contributed by atoms with Crippen molar-refractivity contribution in [3.05, 3.63) is 71.0 Å². The molecule has 4 rings (SSSR count). The van der Waals surface area contributed by atoms with Crippen molar-refractivity contribution in [2.45, 2.75) is 13.0 Å². The number of ketones is 1.